The van der Waals surface area contributed by atoms with Crippen LogP contribution in [0.5, 0.6) is 0 Å². The molecule has 1 aliphatic carbocycles. The third-order valence-electron chi connectivity index (χ3n) is 3.64. The summed E-state index contributed by atoms with van der Waals surface area (Å²) < 4.78 is 0. The van der Waals surface area contributed by atoms with Crippen LogP contribution in [0.1, 0.15) is 99.3 Å². The topological polar surface area (TPSA) is 12.0 Å². The summed E-state index contributed by atoms with van der Waals surface area (Å²) in [5.41, 5.74) is 1.54. The molecule has 1 saturated carbocycles. The summed E-state index contributed by atoms with van der Waals surface area (Å²) in [6.07, 6.45) is 14.6. The second-order valence-electron chi connectivity index (χ2n) is 5.46. The van der Waals surface area contributed by atoms with Crippen molar-refractivity contribution >= 4 is 0 Å². The summed E-state index contributed by atoms with van der Waals surface area (Å²) in [5.74, 6) is 1.01. The van der Waals surface area contributed by atoms with Gasteiger partial charge in [-0.3, -0.25) is 0 Å². The average molecular weight is 284 g/mol. The third kappa shape index (κ3) is 14.0. The highest BCUT2D eigenvalue weighted by atomic mass is 14.8. The van der Waals surface area contributed by atoms with Gasteiger partial charge >= 0.3 is 0 Å². The van der Waals surface area contributed by atoms with Crippen LogP contribution in [0.2, 0.25) is 0 Å². The van der Waals surface area contributed by atoms with Gasteiger partial charge in [0.15, 0.2) is 0 Å². The molecule has 0 unspecified atom stereocenters. The summed E-state index contributed by atoms with van der Waals surface area (Å²) in [5, 5.41) is 3.47. The molecule has 0 heterocycles. The summed E-state index contributed by atoms with van der Waals surface area (Å²) in [4.78, 5) is 0. The number of hydrogen-bond acceptors (Lipinski definition) is 1. The Morgan fingerprint density at radius 2 is 1.45 bits per heavy atom. The molecule has 0 spiro atoms. The Bertz CT molecular complexity index is 184. The minimum absolute atomic E-state index is 1.01. The highest BCUT2D eigenvalue weighted by Gasteiger charge is 2.11. The van der Waals surface area contributed by atoms with Crippen molar-refractivity contribution in [2.45, 2.75) is 99.3 Å². The second kappa shape index (κ2) is 18.5. The fraction of sp³-hybridized carbons (Fsp3) is 0.895. The van der Waals surface area contributed by atoms with E-state index in [1.54, 1.807) is 5.57 Å². The van der Waals surface area contributed by atoms with E-state index >= 15 is 0 Å². The van der Waals surface area contributed by atoms with Crippen LogP contribution in [0.4, 0.5) is 0 Å². The van der Waals surface area contributed by atoms with E-state index in [2.05, 4.69) is 39.2 Å². The summed E-state index contributed by atoms with van der Waals surface area (Å²) >= 11 is 0. The Morgan fingerprint density at radius 3 is 1.90 bits per heavy atom. The van der Waals surface area contributed by atoms with Crippen molar-refractivity contribution < 1.29 is 0 Å². The zero-order chi connectivity index (χ0) is 15.6. The van der Waals surface area contributed by atoms with Crippen LogP contribution in [0.25, 0.3) is 0 Å². The molecule has 0 aliphatic heterocycles. The minimum atomic E-state index is 1.01. The molecule has 1 aliphatic rings. The Balaban J connectivity index is 0. The average Bonchev–Trinajstić information content (AvgIpc) is 2.51. The van der Waals surface area contributed by atoms with Crippen molar-refractivity contribution in [3.05, 3.63) is 11.8 Å². The van der Waals surface area contributed by atoms with E-state index in [4.69, 9.17) is 0 Å². The van der Waals surface area contributed by atoms with Gasteiger partial charge in [-0.2, -0.15) is 0 Å². The van der Waals surface area contributed by atoms with Gasteiger partial charge in [-0.1, -0.05) is 85.6 Å². The van der Waals surface area contributed by atoms with E-state index in [-0.39, 0.29) is 0 Å². The highest BCUT2D eigenvalue weighted by molar-refractivity contribution is 4.98. The maximum atomic E-state index is 3.47. The molecule has 0 saturated heterocycles. The van der Waals surface area contributed by atoms with Crippen LogP contribution in [0.15, 0.2) is 11.8 Å². The summed E-state index contributed by atoms with van der Waals surface area (Å²) in [6, 6.07) is 0. The van der Waals surface area contributed by atoms with Crippen molar-refractivity contribution in [2.75, 3.05) is 6.54 Å². The second-order valence-corrected chi connectivity index (χ2v) is 5.46. The predicted octanol–water partition coefficient (Wildman–Crippen LogP) is 6.69. The molecule has 0 atom stereocenters. The number of allylic oxidation sites excluding steroid dienone is 1. The lowest BCUT2D eigenvalue weighted by Gasteiger charge is -2.21. The van der Waals surface area contributed by atoms with E-state index in [1.807, 2.05) is 13.8 Å². The molecular weight excluding hydrogens is 242 g/mol. The highest BCUT2D eigenvalue weighted by Crippen LogP contribution is 2.25. The van der Waals surface area contributed by atoms with Crippen LogP contribution in [-0.2, 0) is 0 Å². The first kappa shape index (κ1) is 21.8. The van der Waals surface area contributed by atoms with Crippen LogP contribution in [-0.4, -0.2) is 6.54 Å². The van der Waals surface area contributed by atoms with Crippen molar-refractivity contribution in [2.24, 2.45) is 5.92 Å². The lowest BCUT2D eigenvalue weighted by Crippen LogP contribution is -2.15. The number of rotatable bonds is 6. The van der Waals surface area contributed by atoms with Crippen LogP contribution >= 0.6 is 0 Å². The molecule has 1 heteroatoms. The van der Waals surface area contributed by atoms with Crippen molar-refractivity contribution in [1.82, 2.24) is 5.32 Å². The monoisotopic (exact) mass is 283 g/mol. The molecule has 0 radical (unpaired) electrons. The molecule has 122 valence electrons. The maximum Gasteiger partial charge on any atom is 0.0144 e. The zero-order valence-corrected chi connectivity index (χ0v) is 15.2. The van der Waals surface area contributed by atoms with E-state index in [9.17, 15) is 0 Å². The van der Waals surface area contributed by atoms with Gasteiger partial charge in [-0.25, -0.2) is 0 Å². The smallest absolute Gasteiger partial charge is 0.0144 e. The van der Waals surface area contributed by atoms with Gasteiger partial charge in [0.25, 0.3) is 0 Å². The van der Waals surface area contributed by atoms with Gasteiger partial charge in [0, 0.05) is 6.54 Å². The molecule has 1 fully saturated rings. The lowest BCUT2D eigenvalue weighted by atomic mass is 9.87. The molecule has 0 amide bonds. The van der Waals surface area contributed by atoms with E-state index < -0.39 is 0 Å². The first-order valence-electron chi connectivity index (χ1n) is 9.19. The maximum absolute atomic E-state index is 3.47. The molecule has 0 aromatic carbocycles. The normalized spacial score (nSPS) is 14.3. The molecule has 1 nitrogen and oxygen atoms in total. The van der Waals surface area contributed by atoms with Crippen molar-refractivity contribution in [3.8, 4) is 0 Å². The van der Waals surface area contributed by atoms with Gasteiger partial charge in [0.1, 0.15) is 0 Å². The summed E-state index contributed by atoms with van der Waals surface area (Å²) in [7, 11) is 0. The fourth-order valence-corrected chi connectivity index (χ4v) is 2.43. The molecule has 0 aromatic heterocycles. The minimum Gasteiger partial charge on any atom is -0.391 e. The van der Waals surface area contributed by atoms with E-state index in [1.165, 1.54) is 64.3 Å². The molecule has 0 aromatic rings. The van der Waals surface area contributed by atoms with Gasteiger partial charge < -0.3 is 5.32 Å². The Kier molecular flexibility index (Phi) is 20.2. The Hall–Kier alpha value is -0.460. The van der Waals surface area contributed by atoms with Crippen molar-refractivity contribution in [3.63, 3.8) is 0 Å². The van der Waals surface area contributed by atoms with E-state index in [0.29, 0.717) is 0 Å². The molecular formula is C19H41N. The van der Waals surface area contributed by atoms with Gasteiger partial charge in [0.05, 0.1) is 0 Å². The lowest BCUT2D eigenvalue weighted by molar-refractivity contribution is 0.338. The van der Waals surface area contributed by atoms with Crippen LogP contribution < -0.4 is 5.32 Å². The first-order valence-corrected chi connectivity index (χ1v) is 9.19. The van der Waals surface area contributed by atoms with Crippen LogP contribution in [0, 0.1) is 5.92 Å². The molecule has 20 heavy (non-hydrogen) atoms. The Morgan fingerprint density at radius 1 is 0.950 bits per heavy atom. The Labute approximate surface area is 129 Å². The van der Waals surface area contributed by atoms with E-state index in [0.717, 1.165) is 5.92 Å². The SMILES string of the molecule is CC.CCC.CCC(=CNCCC1CCCCC1)CC. The van der Waals surface area contributed by atoms with Crippen molar-refractivity contribution in [1.29, 1.82) is 0 Å². The van der Waals surface area contributed by atoms with Crippen LogP contribution in [0.3, 0.4) is 0 Å². The van der Waals surface area contributed by atoms with Gasteiger partial charge in [-0.05, 0) is 31.4 Å². The fourth-order valence-electron chi connectivity index (χ4n) is 2.43. The molecule has 1 N–H and O–H groups in total. The third-order valence-corrected chi connectivity index (χ3v) is 3.64. The molecule has 0 bridgehead atoms. The quantitative estimate of drug-likeness (QED) is 0.535. The largest absolute Gasteiger partial charge is 0.391 e. The molecule has 1 rings (SSSR count). The number of hydrogen-bond donors (Lipinski definition) is 1. The summed E-state index contributed by atoms with van der Waals surface area (Å²) in [6.45, 7) is 13.9. The zero-order valence-electron chi connectivity index (χ0n) is 15.2. The first-order chi connectivity index (χ1) is 9.78. The van der Waals surface area contributed by atoms with Gasteiger partial charge in [-0.15, -0.1) is 0 Å². The number of nitrogens with one attached hydrogen (secondary N) is 1. The standard InChI is InChI=1S/C14H27N.C3H8.C2H6/c1-3-13(4-2)12-15-11-10-14-8-6-5-7-9-14;1-3-2;1-2/h12,14-15H,3-11H2,1-2H3;3H2,1-2H3;1-2H3. The predicted molar refractivity (Wildman–Crippen MR) is 95.2 cm³/mol. The van der Waals surface area contributed by atoms with Gasteiger partial charge in [0.2, 0.25) is 0 Å².